The number of aromatic nitrogens is 1. The molecule has 11 nitrogen and oxygen atoms in total. The molecule has 0 spiro atoms. The molecule has 2 N–H and O–H groups in total. The molecule has 2 aliphatic heterocycles. The van der Waals surface area contributed by atoms with Gasteiger partial charge in [0.2, 0.25) is 17.7 Å². The number of para-hydroxylation sites is 1. The first kappa shape index (κ1) is 36.2. The zero-order chi connectivity index (χ0) is 37.9. The Morgan fingerprint density at radius 1 is 0.926 bits per heavy atom. The number of benzene rings is 4. The summed E-state index contributed by atoms with van der Waals surface area (Å²) in [4.78, 5) is 58.5. The van der Waals surface area contributed by atoms with Gasteiger partial charge in [0.1, 0.15) is 18.0 Å². The van der Waals surface area contributed by atoms with Gasteiger partial charge in [0, 0.05) is 62.7 Å². The summed E-state index contributed by atoms with van der Waals surface area (Å²) in [5.41, 5.74) is 6.21. The van der Waals surface area contributed by atoms with E-state index in [4.69, 9.17) is 0 Å². The highest BCUT2D eigenvalue weighted by Crippen LogP contribution is 2.35. The SMILES string of the molecule is C=CCN1CC(=O)N2[C@@H](Cc3ccc(O)cc3)C(=O)N(Cc3cccc4c(-c5ccc(C(=O)NC)cc5)cn(C)c34)C[C@@H]2N1C(=O)CCc1ccccc1. The Morgan fingerprint density at radius 3 is 2.37 bits per heavy atom. The minimum Gasteiger partial charge on any atom is -0.508 e. The van der Waals surface area contributed by atoms with Gasteiger partial charge in [-0.1, -0.05) is 78.9 Å². The van der Waals surface area contributed by atoms with Gasteiger partial charge in [0.05, 0.1) is 18.6 Å². The molecule has 7 rings (SSSR count). The van der Waals surface area contributed by atoms with Crippen LogP contribution >= 0.6 is 0 Å². The fourth-order valence-corrected chi connectivity index (χ4v) is 7.83. The number of phenolic OH excluding ortho intramolecular Hbond substituents is 1. The second kappa shape index (κ2) is 15.4. The number of hydrogen-bond donors (Lipinski definition) is 2. The molecule has 1 aromatic heterocycles. The summed E-state index contributed by atoms with van der Waals surface area (Å²) >= 11 is 0. The van der Waals surface area contributed by atoms with Gasteiger partial charge in [-0.15, -0.1) is 6.58 Å². The van der Waals surface area contributed by atoms with Crippen molar-refractivity contribution >= 4 is 34.5 Å². The van der Waals surface area contributed by atoms with Gasteiger partial charge < -0.3 is 24.8 Å². The monoisotopic (exact) mass is 724 g/mol. The number of carbonyl (C=O) groups excluding carboxylic acids is 4. The normalized spacial score (nSPS) is 17.5. The minimum absolute atomic E-state index is 0.0610. The Balaban J connectivity index is 1.25. The van der Waals surface area contributed by atoms with Crippen molar-refractivity contribution in [2.75, 3.05) is 26.7 Å². The number of fused-ring (bicyclic) bond motifs is 2. The van der Waals surface area contributed by atoms with Crippen LogP contribution in [-0.2, 0) is 40.8 Å². The lowest BCUT2D eigenvalue weighted by Crippen LogP contribution is -2.75. The average molecular weight is 725 g/mol. The first-order chi connectivity index (χ1) is 26.2. The van der Waals surface area contributed by atoms with Crippen molar-refractivity contribution in [2.24, 2.45) is 7.05 Å². The third-order valence-electron chi connectivity index (χ3n) is 10.4. The maximum Gasteiger partial charge on any atom is 0.251 e. The molecule has 5 aromatic rings. The summed E-state index contributed by atoms with van der Waals surface area (Å²) in [5.74, 6) is -0.633. The van der Waals surface area contributed by atoms with Crippen LogP contribution in [0.2, 0.25) is 0 Å². The summed E-state index contributed by atoms with van der Waals surface area (Å²) in [6.07, 6.45) is 3.97. The number of piperazine rings is 1. The van der Waals surface area contributed by atoms with Crippen molar-refractivity contribution in [2.45, 2.75) is 38.0 Å². The molecule has 0 bridgehead atoms. The standard InChI is InChI=1S/C43H44N6O5/c1-4-23-47-28-40(52)48-37(24-30-13-20-34(50)21-14-30)43(54)46(27-38(48)49(47)39(51)22-15-29-9-6-5-7-10-29)25-33-11-8-12-35-36(26-45(3)41(33)35)31-16-18-32(19-17-31)42(53)44-2/h4-14,16-21,26,37-38,50H,1,15,22-25,27-28H2,2-3H3,(H,44,53)/t37-,38-/m0/s1. The van der Waals surface area contributed by atoms with E-state index in [1.54, 1.807) is 69.3 Å². The molecule has 0 unspecified atom stereocenters. The number of aryl methyl sites for hydroxylation is 2. The summed E-state index contributed by atoms with van der Waals surface area (Å²) in [5, 5.41) is 17.1. The molecule has 2 fully saturated rings. The third kappa shape index (κ3) is 7.10. The zero-order valence-electron chi connectivity index (χ0n) is 30.5. The summed E-state index contributed by atoms with van der Waals surface area (Å²) in [6, 6.07) is 29.1. The first-order valence-corrected chi connectivity index (χ1v) is 18.2. The van der Waals surface area contributed by atoms with Crippen LogP contribution in [0.5, 0.6) is 5.75 Å². The summed E-state index contributed by atoms with van der Waals surface area (Å²) in [6.45, 7) is 4.50. The van der Waals surface area contributed by atoms with Crippen LogP contribution in [0.25, 0.3) is 22.0 Å². The second-order valence-corrected chi connectivity index (χ2v) is 13.9. The molecule has 0 aliphatic carbocycles. The number of carbonyl (C=O) groups is 4. The summed E-state index contributed by atoms with van der Waals surface area (Å²) in [7, 11) is 3.58. The Hall–Kier alpha value is -6.20. The van der Waals surface area contributed by atoms with Crippen LogP contribution in [-0.4, -0.2) is 92.0 Å². The summed E-state index contributed by atoms with van der Waals surface area (Å²) < 4.78 is 2.05. The lowest BCUT2D eigenvalue weighted by atomic mass is 9.97. The average Bonchev–Trinajstić information content (AvgIpc) is 3.53. The van der Waals surface area contributed by atoms with E-state index in [-0.39, 0.29) is 61.9 Å². The van der Waals surface area contributed by atoms with E-state index < -0.39 is 12.2 Å². The molecule has 4 amide bonds. The predicted octanol–water partition coefficient (Wildman–Crippen LogP) is 4.90. The van der Waals surface area contributed by atoms with Crippen LogP contribution in [0.4, 0.5) is 0 Å². The highest BCUT2D eigenvalue weighted by molar-refractivity contribution is 5.99. The highest BCUT2D eigenvalue weighted by atomic mass is 16.3. The number of nitrogens with one attached hydrogen (secondary N) is 1. The number of rotatable bonds is 11. The third-order valence-corrected chi connectivity index (χ3v) is 10.4. The van der Waals surface area contributed by atoms with Crippen molar-refractivity contribution in [3.63, 3.8) is 0 Å². The van der Waals surface area contributed by atoms with Gasteiger partial charge in [-0.05, 0) is 52.9 Å². The lowest BCUT2D eigenvalue weighted by molar-refractivity contribution is -0.205. The maximum absolute atomic E-state index is 14.7. The molecule has 2 atom stereocenters. The Kier molecular flexibility index (Phi) is 10.3. The van der Waals surface area contributed by atoms with E-state index in [0.717, 1.165) is 38.7 Å². The Bertz CT molecular complexity index is 2200. The molecule has 4 aromatic carbocycles. The fraction of sp³-hybridized carbons (Fsp3) is 0.256. The topological polar surface area (TPSA) is 118 Å². The maximum atomic E-state index is 14.7. The minimum atomic E-state index is -0.877. The number of phenols is 1. The van der Waals surface area contributed by atoms with Crippen molar-refractivity contribution < 1.29 is 24.3 Å². The number of aromatic hydroxyl groups is 1. The van der Waals surface area contributed by atoms with Crippen molar-refractivity contribution in [1.82, 2.24) is 29.7 Å². The number of nitrogens with zero attached hydrogens (tertiary/aromatic N) is 5. The van der Waals surface area contributed by atoms with Crippen LogP contribution in [0.15, 0.2) is 116 Å². The molecule has 3 heterocycles. The molecule has 54 heavy (non-hydrogen) atoms. The quantitative estimate of drug-likeness (QED) is 0.187. The molecular weight excluding hydrogens is 681 g/mol. The molecular formula is C43H44N6O5. The predicted molar refractivity (Wildman–Crippen MR) is 207 cm³/mol. The molecule has 2 aliphatic rings. The van der Waals surface area contributed by atoms with Gasteiger partial charge in [0.15, 0.2) is 0 Å². The second-order valence-electron chi connectivity index (χ2n) is 13.9. The van der Waals surface area contributed by atoms with Gasteiger partial charge in [-0.2, -0.15) is 0 Å². The van der Waals surface area contributed by atoms with Crippen molar-refractivity contribution in [3.8, 4) is 16.9 Å². The van der Waals surface area contributed by atoms with E-state index in [1.165, 1.54) is 0 Å². The van der Waals surface area contributed by atoms with Crippen LogP contribution in [0, 0.1) is 0 Å². The van der Waals surface area contributed by atoms with E-state index >= 15 is 0 Å². The molecule has 0 radical (unpaired) electrons. The van der Waals surface area contributed by atoms with Crippen LogP contribution in [0.3, 0.4) is 0 Å². The number of hydrogen-bond acceptors (Lipinski definition) is 6. The lowest BCUT2D eigenvalue weighted by Gasteiger charge is -2.55. The smallest absolute Gasteiger partial charge is 0.251 e. The van der Waals surface area contributed by atoms with E-state index in [0.29, 0.717) is 18.5 Å². The van der Waals surface area contributed by atoms with E-state index in [1.807, 2.05) is 67.7 Å². The first-order valence-electron chi connectivity index (χ1n) is 18.2. The van der Waals surface area contributed by atoms with Gasteiger partial charge >= 0.3 is 0 Å². The van der Waals surface area contributed by atoms with E-state index in [9.17, 15) is 24.3 Å². The fourth-order valence-electron chi connectivity index (χ4n) is 7.83. The van der Waals surface area contributed by atoms with Crippen molar-refractivity contribution in [1.29, 1.82) is 0 Å². The molecule has 276 valence electrons. The zero-order valence-corrected chi connectivity index (χ0v) is 30.5. The number of amides is 4. The van der Waals surface area contributed by atoms with Gasteiger partial charge in [0.25, 0.3) is 5.91 Å². The Labute approximate surface area is 314 Å². The van der Waals surface area contributed by atoms with Crippen molar-refractivity contribution in [3.05, 3.63) is 138 Å². The van der Waals surface area contributed by atoms with Gasteiger partial charge in [-0.3, -0.25) is 19.2 Å². The molecule has 11 heteroatoms. The van der Waals surface area contributed by atoms with Crippen LogP contribution < -0.4 is 5.32 Å². The van der Waals surface area contributed by atoms with Crippen LogP contribution in [0.1, 0.15) is 33.5 Å². The molecule has 0 saturated carbocycles. The number of hydrazine groups is 1. The largest absolute Gasteiger partial charge is 0.508 e. The van der Waals surface area contributed by atoms with Gasteiger partial charge in [-0.25, -0.2) is 10.0 Å². The van der Waals surface area contributed by atoms with E-state index in [2.05, 4.69) is 22.7 Å². The Morgan fingerprint density at radius 2 is 1.67 bits per heavy atom. The highest BCUT2D eigenvalue weighted by Gasteiger charge is 2.51. The molecule has 2 saturated heterocycles.